The first-order chi connectivity index (χ1) is 35.7. The second kappa shape index (κ2) is 20.3. The number of aromatic nitrogens is 2. The third-order valence-corrected chi connectivity index (χ3v) is 13.3. The van der Waals surface area contributed by atoms with E-state index in [4.69, 9.17) is 31.7 Å². The first kappa shape index (κ1) is 51.8. The van der Waals surface area contributed by atoms with Crippen LogP contribution in [0, 0.1) is 5.82 Å². The SMILES string of the molecule is CC[C@@]1(O)C(=O)OCc2c1cc1n(c2=O)Cc2c-1nc1cc(F)c(OS(=O)(=O)Oc3cc(C(=O)NCCOCCNC(=O)CN4C(=O)C=CC4=O)ccc3O[C@@H]3O[C@H](C(=O)O)[C@@H](O)[C@H](O)[C@H]3O)cc1c2-c1ccoc1. The van der Waals surface area contributed by atoms with Crippen LogP contribution in [0.15, 0.2) is 76.4 Å². The lowest BCUT2D eigenvalue weighted by molar-refractivity contribution is -0.271. The third kappa shape index (κ3) is 9.89. The standard InChI is InChI=1S/C47H42FN5O21S/c1-2-47(65)26-15-29-37-24(17-52(29)43(61)25(26)20-70-46(47)64)36(22-7-10-69-19-22)23-14-31(27(48)16-28(23)51-37)73-75(66,67)74-32-13-21(3-4-30(32)71-45-40(59)38(57)39(58)41(72-45)44(62)63)42(60)50-9-12-68-11-8-49-33(54)18-53-34(55)5-6-35(53)56/h3-7,10,13-16,19,38-41,45,57-59,65H,2,8-9,11-12,17-18,20H2,1H3,(H,49,54)(H,50,60)(H,62,63)/t38-,39-,40+,41-,45+,47-/m0/s1. The van der Waals surface area contributed by atoms with Crippen LogP contribution in [-0.4, -0.2) is 148 Å². The highest BCUT2D eigenvalue weighted by atomic mass is 32.3. The average molecular weight is 1060 g/mol. The van der Waals surface area contributed by atoms with Crippen LogP contribution < -0.4 is 29.3 Å². The number of hydrogen-bond acceptors (Lipinski definition) is 21. The van der Waals surface area contributed by atoms with Gasteiger partial charge in [-0.3, -0.25) is 28.9 Å². The number of fused-ring (bicyclic) bond motifs is 5. The van der Waals surface area contributed by atoms with Gasteiger partial charge in [0.15, 0.2) is 34.8 Å². The Morgan fingerprint density at radius 1 is 0.907 bits per heavy atom. The van der Waals surface area contributed by atoms with E-state index in [9.17, 15) is 67.5 Å². The van der Waals surface area contributed by atoms with Gasteiger partial charge in [0.1, 0.15) is 31.5 Å². The van der Waals surface area contributed by atoms with Gasteiger partial charge >= 0.3 is 22.3 Å². The molecule has 9 rings (SSSR count). The lowest BCUT2D eigenvalue weighted by atomic mass is 9.86. The van der Waals surface area contributed by atoms with Crippen LogP contribution in [0.1, 0.15) is 40.4 Å². The minimum atomic E-state index is -5.52. The molecular weight excluding hydrogens is 1020 g/mol. The first-order valence-corrected chi connectivity index (χ1v) is 23.9. The Balaban J connectivity index is 0.969. The number of amides is 4. The van der Waals surface area contributed by atoms with Crippen LogP contribution in [0.2, 0.25) is 0 Å². The molecule has 4 aliphatic heterocycles. The molecule has 1 fully saturated rings. The molecule has 5 aromatic rings. The van der Waals surface area contributed by atoms with E-state index in [2.05, 4.69) is 15.6 Å². The van der Waals surface area contributed by atoms with Gasteiger partial charge in [0.25, 0.3) is 23.3 Å². The van der Waals surface area contributed by atoms with E-state index in [0.717, 1.165) is 47.4 Å². The van der Waals surface area contributed by atoms with Gasteiger partial charge in [0.2, 0.25) is 12.2 Å². The fourth-order valence-corrected chi connectivity index (χ4v) is 9.43. The maximum atomic E-state index is 16.2. The zero-order chi connectivity index (χ0) is 53.7. The Labute approximate surface area is 420 Å². The number of hydrogen-bond donors (Lipinski definition) is 7. The zero-order valence-electron chi connectivity index (χ0n) is 38.8. The van der Waals surface area contributed by atoms with Crippen LogP contribution in [0.5, 0.6) is 17.2 Å². The first-order valence-electron chi connectivity index (χ1n) is 22.6. The van der Waals surface area contributed by atoms with Crippen molar-refractivity contribution in [2.24, 2.45) is 0 Å². The van der Waals surface area contributed by atoms with Gasteiger partial charge in [-0.15, -0.1) is 8.42 Å². The summed E-state index contributed by atoms with van der Waals surface area (Å²) in [6.07, 6.45) is -6.13. The van der Waals surface area contributed by atoms with Crippen molar-refractivity contribution in [3.63, 3.8) is 0 Å². The summed E-state index contributed by atoms with van der Waals surface area (Å²) in [5.74, 6) is -9.33. The normalized spacial score (nSPS) is 21.8. The Bertz CT molecular complexity index is 3380. The lowest BCUT2D eigenvalue weighted by Crippen LogP contribution is -2.61. The molecule has 0 spiro atoms. The molecule has 3 aromatic heterocycles. The Morgan fingerprint density at radius 3 is 2.32 bits per heavy atom. The van der Waals surface area contributed by atoms with Crippen molar-refractivity contribution in [2.45, 2.75) is 62.8 Å². The highest BCUT2D eigenvalue weighted by Gasteiger charge is 2.49. The second-order valence-corrected chi connectivity index (χ2v) is 18.3. The smallest absolute Gasteiger partial charge is 0.479 e. The molecule has 75 heavy (non-hydrogen) atoms. The summed E-state index contributed by atoms with van der Waals surface area (Å²) < 4.78 is 82.3. The Hall–Kier alpha value is -8.12. The molecule has 4 amide bonds. The summed E-state index contributed by atoms with van der Waals surface area (Å²) in [6, 6.07) is 7.63. The van der Waals surface area contributed by atoms with Crippen molar-refractivity contribution in [3.05, 3.63) is 106 Å². The van der Waals surface area contributed by atoms with Gasteiger partial charge in [-0.05, 0) is 42.8 Å². The highest BCUT2D eigenvalue weighted by molar-refractivity contribution is 7.82. The molecule has 394 valence electrons. The molecule has 0 unspecified atom stereocenters. The summed E-state index contributed by atoms with van der Waals surface area (Å²) in [4.78, 5) is 92.7. The molecular formula is C47H42FN5O21S. The number of ether oxygens (including phenoxy) is 4. The number of halogens is 1. The van der Waals surface area contributed by atoms with Crippen molar-refractivity contribution in [2.75, 3.05) is 32.8 Å². The number of benzene rings is 2. The molecule has 0 saturated carbocycles. The maximum absolute atomic E-state index is 16.2. The fourth-order valence-electron chi connectivity index (χ4n) is 8.69. The quantitative estimate of drug-likeness (QED) is 0.0316. The minimum Gasteiger partial charge on any atom is -0.479 e. The monoisotopic (exact) mass is 1060 g/mol. The average Bonchev–Trinajstić information content (AvgIpc) is 4.12. The number of nitrogens with one attached hydrogen (secondary N) is 2. The number of rotatable bonds is 18. The van der Waals surface area contributed by atoms with E-state index in [1.807, 2.05) is 0 Å². The largest absolute Gasteiger partial charge is 0.501 e. The summed E-state index contributed by atoms with van der Waals surface area (Å²) in [7, 11) is -5.52. The molecule has 26 nitrogen and oxygen atoms in total. The van der Waals surface area contributed by atoms with Crippen molar-refractivity contribution >= 4 is 56.9 Å². The van der Waals surface area contributed by atoms with Crippen LogP contribution in [0.4, 0.5) is 4.39 Å². The number of aliphatic carboxylic acids is 1. The molecule has 7 N–H and O–H groups in total. The molecule has 0 radical (unpaired) electrons. The number of esters is 1. The molecule has 6 atom stereocenters. The second-order valence-electron chi connectivity index (χ2n) is 17.1. The minimum absolute atomic E-state index is 0.0242. The number of aliphatic hydroxyl groups excluding tert-OH is 3. The van der Waals surface area contributed by atoms with Crippen molar-refractivity contribution < 1.29 is 98.8 Å². The van der Waals surface area contributed by atoms with E-state index in [0.29, 0.717) is 16.7 Å². The molecule has 2 aromatic carbocycles. The molecule has 0 bridgehead atoms. The number of pyridine rings is 2. The summed E-state index contributed by atoms with van der Waals surface area (Å²) in [5, 5.41) is 57.2. The van der Waals surface area contributed by atoms with Crippen molar-refractivity contribution in [3.8, 4) is 39.8 Å². The number of carboxylic acid groups (broad SMARTS) is 1. The molecule has 28 heteroatoms. The summed E-state index contributed by atoms with van der Waals surface area (Å²) in [6.45, 7) is 0.121. The summed E-state index contributed by atoms with van der Waals surface area (Å²) >= 11 is 0. The van der Waals surface area contributed by atoms with Gasteiger partial charge in [-0.2, -0.15) is 0 Å². The third-order valence-electron chi connectivity index (χ3n) is 12.5. The number of aliphatic hydroxyl groups is 4. The van der Waals surface area contributed by atoms with E-state index in [-0.39, 0.29) is 78.2 Å². The molecule has 1 saturated heterocycles. The number of carbonyl (C=O) groups is 6. The Kier molecular flexibility index (Phi) is 14.0. The molecule has 4 aliphatic rings. The predicted molar refractivity (Wildman–Crippen MR) is 246 cm³/mol. The zero-order valence-corrected chi connectivity index (χ0v) is 39.6. The Morgan fingerprint density at radius 2 is 1.63 bits per heavy atom. The van der Waals surface area contributed by atoms with Crippen LogP contribution >= 0.6 is 0 Å². The van der Waals surface area contributed by atoms with Gasteiger partial charge in [0.05, 0.1) is 54.8 Å². The van der Waals surface area contributed by atoms with Gasteiger partial charge in [-0.25, -0.2) is 19.0 Å². The number of carbonyl (C=O) groups excluding carboxylic acids is 5. The van der Waals surface area contributed by atoms with E-state index < -0.39 is 124 Å². The fraction of sp³-hybridized carbons (Fsp3) is 0.319. The lowest BCUT2D eigenvalue weighted by Gasteiger charge is -2.38. The van der Waals surface area contributed by atoms with Crippen LogP contribution in [0.3, 0.4) is 0 Å². The predicted octanol–water partition coefficient (Wildman–Crippen LogP) is -0.760. The number of nitrogens with zero attached hydrogens (tertiary/aromatic N) is 3. The van der Waals surface area contributed by atoms with Gasteiger partial charge < -0.3 is 72.5 Å². The molecule has 0 aliphatic carbocycles. The van der Waals surface area contributed by atoms with Crippen molar-refractivity contribution in [1.82, 2.24) is 25.1 Å². The number of imide groups is 1. The number of carboxylic acids is 1. The number of cyclic esters (lactones) is 1. The highest BCUT2D eigenvalue weighted by Crippen LogP contribution is 2.45. The maximum Gasteiger partial charge on any atom is 0.501 e. The molecule has 7 heterocycles. The van der Waals surface area contributed by atoms with E-state index in [1.54, 1.807) is 0 Å². The summed E-state index contributed by atoms with van der Waals surface area (Å²) in [5.41, 5.74) is -1.69. The topological polar surface area (TPSA) is 368 Å². The van der Waals surface area contributed by atoms with Gasteiger partial charge in [0, 0.05) is 64.5 Å². The van der Waals surface area contributed by atoms with Crippen LogP contribution in [-0.2, 0) is 67.3 Å². The van der Waals surface area contributed by atoms with E-state index >= 15 is 4.39 Å². The number of furan rings is 1. The van der Waals surface area contributed by atoms with Crippen LogP contribution in [0.25, 0.3) is 33.4 Å². The van der Waals surface area contributed by atoms with Crippen molar-refractivity contribution in [1.29, 1.82) is 0 Å². The van der Waals surface area contributed by atoms with Gasteiger partial charge in [-0.1, -0.05) is 6.92 Å². The van der Waals surface area contributed by atoms with E-state index in [1.165, 1.54) is 36.1 Å².